The van der Waals surface area contributed by atoms with Crippen molar-refractivity contribution < 1.29 is 0 Å². The van der Waals surface area contributed by atoms with E-state index in [1.54, 1.807) is 0 Å². The lowest BCUT2D eigenvalue weighted by molar-refractivity contribution is 0.178. The maximum Gasteiger partial charge on any atom is 0.0124 e. The molecular formula is C15H28N2. The van der Waals surface area contributed by atoms with Gasteiger partial charge in [0.25, 0.3) is 0 Å². The Hall–Kier alpha value is -0.0800. The number of hydrogen-bond acceptors (Lipinski definition) is 2. The van der Waals surface area contributed by atoms with Crippen LogP contribution in [0.5, 0.6) is 0 Å². The van der Waals surface area contributed by atoms with Crippen LogP contribution in [0.15, 0.2) is 0 Å². The van der Waals surface area contributed by atoms with Crippen LogP contribution in [0.3, 0.4) is 0 Å². The van der Waals surface area contributed by atoms with E-state index in [-0.39, 0.29) is 0 Å². The summed E-state index contributed by atoms with van der Waals surface area (Å²) in [5, 5.41) is 3.48. The molecule has 3 unspecified atom stereocenters. The van der Waals surface area contributed by atoms with Crippen LogP contribution in [-0.4, -0.2) is 37.1 Å². The fourth-order valence-electron chi connectivity index (χ4n) is 4.32. The summed E-state index contributed by atoms with van der Waals surface area (Å²) in [6.07, 6.45) is 11.8. The quantitative estimate of drug-likeness (QED) is 0.807. The van der Waals surface area contributed by atoms with E-state index in [0.29, 0.717) is 0 Å². The monoisotopic (exact) mass is 236 g/mol. The summed E-state index contributed by atoms with van der Waals surface area (Å²) in [5.41, 5.74) is 0. The van der Waals surface area contributed by atoms with Crippen molar-refractivity contribution in [3.05, 3.63) is 0 Å². The lowest BCUT2D eigenvalue weighted by Crippen LogP contribution is -2.35. The molecule has 98 valence electrons. The van der Waals surface area contributed by atoms with Gasteiger partial charge in [0, 0.05) is 6.04 Å². The normalized spacial score (nSPS) is 38.5. The van der Waals surface area contributed by atoms with Gasteiger partial charge >= 0.3 is 0 Å². The minimum Gasteiger partial charge on any atom is -0.316 e. The Morgan fingerprint density at radius 1 is 1.06 bits per heavy atom. The summed E-state index contributed by atoms with van der Waals surface area (Å²) >= 11 is 0. The average molecular weight is 236 g/mol. The van der Waals surface area contributed by atoms with Crippen molar-refractivity contribution in [2.24, 2.45) is 11.8 Å². The number of fused-ring (bicyclic) bond motifs is 1. The maximum atomic E-state index is 3.48. The van der Waals surface area contributed by atoms with Crippen molar-refractivity contribution in [3.8, 4) is 0 Å². The van der Waals surface area contributed by atoms with E-state index in [0.717, 1.165) is 17.9 Å². The summed E-state index contributed by atoms with van der Waals surface area (Å²) in [6.45, 7) is 5.33. The number of rotatable bonds is 4. The van der Waals surface area contributed by atoms with Gasteiger partial charge in [-0.25, -0.2) is 0 Å². The largest absolute Gasteiger partial charge is 0.316 e. The van der Waals surface area contributed by atoms with Gasteiger partial charge in [-0.2, -0.15) is 0 Å². The minimum atomic E-state index is 0.977. The molecule has 2 aliphatic heterocycles. The third kappa shape index (κ3) is 2.85. The predicted molar refractivity (Wildman–Crippen MR) is 72.1 cm³/mol. The van der Waals surface area contributed by atoms with Gasteiger partial charge in [-0.05, 0) is 76.5 Å². The first kappa shape index (κ1) is 12.0. The first-order valence-electron chi connectivity index (χ1n) is 7.88. The van der Waals surface area contributed by atoms with Crippen LogP contribution in [0.1, 0.15) is 51.4 Å². The minimum absolute atomic E-state index is 0.977. The van der Waals surface area contributed by atoms with Crippen LogP contribution in [0.4, 0.5) is 0 Å². The Morgan fingerprint density at radius 2 is 2.00 bits per heavy atom. The average Bonchev–Trinajstić information content (AvgIpc) is 2.99. The van der Waals surface area contributed by atoms with Crippen molar-refractivity contribution in [2.75, 3.05) is 26.2 Å². The Balaban J connectivity index is 1.39. The van der Waals surface area contributed by atoms with E-state index in [1.807, 2.05) is 0 Å². The third-order valence-corrected chi connectivity index (χ3v) is 5.35. The Bertz CT molecular complexity index is 235. The molecule has 0 amide bonds. The van der Waals surface area contributed by atoms with Crippen LogP contribution in [0.2, 0.25) is 0 Å². The molecule has 0 aromatic heterocycles. The molecule has 0 aromatic rings. The summed E-state index contributed by atoms with van der Waals surface area (Å²) in [4.78, 5) is 2.83. The molecule has 3 aliphatic rings. The van der Waals surface area contributed by atoms with Crippen LogP contribution in [0, 0.1) is 11.8 Å². The van der Waals surface area contributed by atoms with Crippen molar-refractivity contribution >= 4 is 0 Å². The van der Waals surface area contributed by atoms with Crippen LogP contribution < -0.4 is 5.32 Å². The molecular weight excluding hydrogens is 208 g/mol. The zero-order chi connectivity index (χ0) is 11.5. The summed E-state index contributed by atoms with van der Waals surface area (Å²) < 4.78 is 0. The third-order valence-electron chi connectivity index (χ3n) is 5.35. The van der Waals surface area contributed by atoms with E-state index < -0.39 is 0 Å². The van der Waals surface area contributed by atoms with E-state index in [9.17, 15) is 0 Å². The van der Waals surface area contributed by atoms with E-state index in [1.165, 1.54) is 77.5 Å². The molecule has 0 aromatic carbocycles. The highest BCUT2D eigenvalue weighted by molar-refractivity contribution is 4.89. The molecule has 3 rings (SSSR count). The number of nitrogens with one attached hydrogen (secondary N) is 1. The maximum absolute atomic E-state index is 3.48. The first-order valence-corrected chi connectivity index (χ1v) is 7.88. The lowest BCUT2D eigenvalue weighted by Gasteiger charge is -2.31. The molecule has 1 N–H and O–H groups in total. The molecule has 2 saturated heterocycles. The molecule has 2 heteroatoms. The molecule has 2 nitrogen and oxygen atoms in total. The van der Waals surface area contributed by atoms with Gasteiger partial charge < -0.3 is 10.2 Å². The van der Waals surface area contributed by atoms with Crippen molar-refractivity contribution in [3.63, 3.8) is 0 Å². The standard InChI is InChI=1S/C15H28N2/c1-2-6-15-14(5-1)8-11-17(15)10-3-4-13-7-9-16-12-13/h13-16H,1-12H2. The topological polar surface area (TPSA) is 15.3 Å². The van der Waals surface area contributed by atoms with Crippen LogP contribution in [-0.2, 0) is 0 Å². The summed E-state index contributed by atoms with van der Waals surface area (Å²) in [5.74, 6) is 2.05. The molecule has 1 aliphatic carbocycles. The molecule has 3 atom stereocenters. The lowest BCUT2D eigenvalue weighted by atomic mass is 9.85. The van der Waals surface area contributed by atoms with Crippen LogP contribution >= 0.6 is 0 Å². The second-order valence-corrected chi connectivity index (χ2v) is 6.44. The first-order chi connectivity index (χ1) is 8.43. The van der Waals surface area contributed by atoms with E-state index in [2.05, 4.69) is 10.2 Å². The van der Waals surface area contributed by atoms with Gasteiger partial charge in [0.1, 0.15) is 0 Å². The van der Waals surface area contributed by atoms with Crippen molar-refractivity contribution in [1.29, 1.82) is 0 Å². The smallest absolute Gasteiger partial charge is 0.0124 e. The Labute approximate surface area is 106 Å². The summed E-state index contributed by atoms with van der Waals surface area (Å²) in [7, 11) is 0. The van der Waals surface area contributed by atoms with Crippen molar-refractivity contribution in [2.45, 2.75) is 57.4 Å². The molecule has 2 heterocycles. The van der Waals surface area contributed by atoms with Gasteiger partial charge in [0.05, 0.1) is 0 Å². The molecule has 0 bridgehead atoms. The zero-order valence-corrected chi connectivity index (χ0v) is 11.2. The predicted octanol–water partition coefficient (Wildman–Crippen LogP) is 2.64. The SMILES string of the molecule is C1CCC2C(C1)CCN2CCCC1CCNC1. The molecule has 3 fully saturated rings. The van der Waals surface area contributed by atoms with Gasteiger partial charge in [-0.3, -0.25) is 0 Å². The fourth-order valence-corrected chi connectivity index (χ4v) is 4.32. The number of hydrogen-bond donors (Lipinski definition) is 1. The highest BCUT2D eigenvalue weighted by atomic mass is 15.2. The fraction of sp³-hybridized carbons (Fsp3) is 1.00. The summed E-state index contributed by atoms with van der Waals surface area (Å²) in [6, 6.07) is 0.977. The highest BCUT2D eigenvalue weighted by Crippen LogP contribution is 2.36. The molecule has 0 radical (unpaired) electrons. The highest BCUT2D eigenvalue weighted by Gasteiger charge is 2.34. The molecule has 17 heavy (non-hydrogen) atoms. The number of likely N-dealkylation sites (tertiary alicyclic amines) is 1. The Kier molecular flexibility index (Phi) is 4.02. The zero-order valence-electron chi connectivity index (χ0n) is 11.2. The second-order valence-electron chi connectivity index (χ2n) is 6.44. The van der Waals surface area contributed by atoms with Gasteiger partial charge in [-0.15, -0.1) is 0 Å². The van der Waals surface area contributed by atoms with Gasteiger partial charge in [-0.1, -0.05) is 12.8 Å². The van der Waals surface area contributed by atoms with Gasteiger partial charge in [0.2, 0.25) is 0 Å². The van der Waals surface area contributed by atoms with Crippen LogP contribution in [0.25, 0.3) is 0 Å². The number of nitrogens with zero attached hydrogens (tertiary/aromatic N) is 1. The second kappa shape index (κ2) is 5.71. The molecule has 0 spiro atoms. The molecule has 1 saturated carbocycles. The van der Waals surface area contributed by atoms with E-state index in [4.69, 9.17) is 0 Å². The van der Waals surface area contributed by atoms with Gasteiger partial charge in [0.15, 0.2) is 0 Å². The van der Waals surface area contributed by atoms with E-state index >= 15 is 0 Å². The van der Waals surface area contributed by atoms with Crippen molar-refractivity contribution in [1.82, 2.24) is 10.2 Å². The Morgan fingerprint density at radius 3 is 2.88 bits per heavy atom.